The van der Waals surface area contributed by atoms with E-state index in [0.717, 1.165) is 5.01 Å². The van der Waals surface area contributed by atoms with Crippen LogP contribution in [0.3, 0.4) is 0 Å². The van der Waals surface area contributed by atoms with Crippen molar-refractivity contribution in [2.75, 3.05) is 5.32 Å². The molecule has 0 atom stereocenters. The number of halogens is 1. The molecule has 106 valence electrons. The number of anilines is 1. The fraction of sp³-hybridized carbons (Fsp3) is 0.0833. The summed E-state index contributed by atoms with van der Waals surface area (Å²) in [6.45, 7) is 1.79. The molecule has 0 aliphatic heterocycles. The lowest BCUT2D eigenvalue weighted by molar-refractivity contribution is 0.102. The van der Waals surface area contributed by atoms with Crippen LogP contribution in [-0.2, 0) is 0 Å². The second-order valence-electron chi connectivity index (χ2n) is 4.11. The Morgan fingerprint density at radius 1 is 1.24 bits per heavy atom. The van der Waals surface area contributed by atoms with Gasteiger partial charge in [-0.25, -0.2) is 9.07 Å². The first-order chi connectivity index (χ1) is 10.1. The third kappa shape index (κ3) is 2.92. The van der Waals surface area contributed by atoms with Crippen LogP contribution in [0.4, 0.5) is 9.52 Å². The van der Waals surface area contributed by atoms with E-state index in [9.17, 15) is 9.18 Å². The molecule has 21 heavy (non-hydrogen) atoms. The highest BCUT2D eigenvalue weighted by Crippen LogP contribution is 2.15. The summed E-state index contributed by atoms with van der Waals surface area (Å²) in [5, 5.41) is 18.9. The number of amides is 1. The lowest BCUT2D eigenvalue weighted by Crippen LogP contribution is -2.12. The third-order valence-corrected chi connectivity index (χ3v) is 3.32. The van der Waals surface area contributed by atoms with E-state index in [1.807, 2.05) is 0 Å². The third-order valence-electron chi connectivity index (χ3n) is 2.56. The first-order valence-corrected chi connectivity index (χ1v) is 6.73. The zero-order chi connectivity index (χ0) is 14.8. The minimum Gasteiger partial charge on any atom is -0.295 e. The Kier molecular flexibility index (Phi) is 3.40. The fourth-order valence-electron chi connectivity index (χ4n) is 1.60. The summed E-state index contributed by atoms with van der Waals surface area (Å²) >= 11 is 1.26. The van der Waals surface area contributed by atoms with Crippen molar-refractivity contribution >= 4 is 22.4 Å². The maximum atomic E-state index is 12.9. The zero-order valence-electron chi connectivity index (χ0n) is 10.8. The Morgan fingerprint density at radius 2 is 2.00 bits per heavy atom. The predicted octanol–water partition coefficient (Wildman–Crippen LogP) is 1.82. The molecule has 0 saturated heterocycles. The zero-order valence-corrected chi connectivity index (χ0v) is 11.6. The Balaban J connectivity index is 1.78. The normalized spacial score (nSPS) is 10.6. The summed E-state index contributed by atoms with van der Waals surface area (Å²) in [7, 11) is 0. The number of aryl methyl sites for hydroxylation is 1. The van der Waals surface area contributed by atoms with Gasteiger partial charge in [0.2, 0.25) is 5.13 Å². The lowest BCUT2D eigenvalue weighted by Gasteiger charge is -1.98. The van der Waals surface area contributed by atoms with Crippen LogP contribution in [0.5, 0.6) is 0 Å². The van der Waals surface area contributed by atoms with Gasteiger partial charge in [-0.3, -0.25) is 10.1 Å². The molecule has 1 aromatic carbocycles. The molecule has 1 N–H and O–H groups in total. The van der Waals surface area contributed by atoms with Gasteiger partial charge >= 0.3 is 0 Å². The van der Waals surface area contributed by atoms with Crippen LogP contribution in [0.2, 0.25) is 0 Å². The molecule has 1 amide bonds. The van der Waals surface area contributed by atoms with E-state index in [-0.39, 0.29) is 11.5 Å². The Labute approximate surface area is 122 Å². The number of nitrogens with one attached hydrogen (secondary N) is 1. The molecule has 0 bridgehead atoms. The van der Waals surface area contributed by atoms with Crippen molar-refractivity contribution < 1.29 is 9.18 Å². The molecule has 3 aromatic rings. The Bertz CT molecular complexity index is 781. The lowest BCUT2D eigenvalue weighted by atomic mass is 10.3. The Hall–Kier alpha value is -2.68. The van der Waals surface area contributed by atoms with Crippen molar-refractivity contribution in [1.82, 2.24) is 25.2 Å². The van der Waals surface area contributed by atoms with Crippen molar-refractivity contribution in [2.45, 2.75) is 6.92 Å². The van der Waals surface area contributed by atoms with Gasteiger partial charge in [0.25, 0.3) is 5.91 Å². The topological polar surface area (TPSA) is 85.6 Å². The van der Waals surface area contributed by atoms with Gasteiger partial charge in [0.05, 0.1) is 11.9 Å². The highest BCUT2D eigenvalue weighted by atomic mass is 32.1. The van der Waals surface area contributed by atoms with Crippen LogP contribution in [0, 0.1) is 12.7 Å². The van der Waals surface area contributed by atoms with Crippen LogP contribution < -0.4 is 5.32 Å². The van der Waals surface area contributed by atoms with Crippen molar-refractivity contribution in [3.05, 3.63) is 47.0 Å². The van der Waals surface area contributed by atoms with Gasteiger partial charge in [-0.05, 0) is 31.2 Å². The molecular formula is C12H9FN6OS. The van der Waals surface area contributed by atoms with Crippen molar-refractivity contribution in [1.29, 1.82) is 0 Å². The molecular weight excluding hydrogens is 295 g/mol. The molecule has 7 nitrogen and oxygen atoms in total. The number of benzene rings is 1. The van der Waals surface area contributed by atoms with E-state index in [4.69, 9.17) is 0 Å². The fourth-order valence-corrected chi connectivity index (χ4v) is 2.18. The average molecular weight is 304 g/mol. The summed E-state index contributed by atoms with van der Waals surface area (Å²) in [5.41, 5.74) is 0.738. The van der Waals surface area contributed by atoms with Crippen LogP contribution in [-0.4, -0.2) is 31.1 Å². The molecule has 0 fully saturated rings. The van der Waals surface area contributed by atoms with Crippen LogP contribution >= 0.6 is 11.3 Å². The molecule has 0 unspecified atom stereocenters. The highest BCUT2D eigenvalue weighted by Gasteiger charge is 2.13. The van der Waals surface area contributed by atoms with E-state index >= 15 is 0 Å². The summed E-state index contributed by atoms with van der Waals surface area (Å²) in [5.74, 6) is -0.775. The minimum atomic E-state index is -0.431. The molecule has 0 saturated carbocycles. The summed E-state index contributed by atoms with van der Waals surface area (Å²) in [4.78, 5) is 12.0. The number of hydrogen-bond acceptors (Lipinski definition) is 6. The van der Waals surface area contributed by atoms with Crippen LogP contribution in [0.1, 0.15) is 15.5 Å². The maximum Gasteiger partial charge on any atom is 0.279 e. The van der Waals surface area contributed by atoms with Gasteiger partial charge in [-0.1, -0.05) is 16.6 Å². The monoisotopic (exact) mass is 304 g/mol. The van der Waals surface area contributed by atoms with Gasteiger partial charge in [-0.2, -0.15) is 0 Å². The second-order valence-corrected chi connectivity index (χ2v) is 5.29. The highest BCUT2D eigenvalue weighted by molar-refractivity contribution is 7.15. The van der Waals surface area contributed by atoms with Gasteiger partial charge in [0.1, 0.15) is 10.8 Å². The number of aromatic nitrogens is 5. The van der Waals surface area contributed by atoms with Crippen molar-refractivity contribution in [2.24, 2.45) is 0 Å². The summed E-state index contributed by atoms with van der Waals surface area (Å²) in [6.07, 6.45) is 1.45. The standard InChI is InChI=1S/C12H9FN6OS/c1-7-15-17-12(21-7)14-11(20)10-6-19(18-16-10)9-4-2-8(13)3-5-9/h2-6H,1H3,(H,14,17,20). The molecule has 0 aliphatic carbocycles. The average Bonchev–Trinajstić information content (AvgIpc) is 3.09. The summed E-state index contributed by atoms with van der Waals surface area (Å²) in [6, 6.07) is 5.70. The predicted molar refractivity (Wildman–Crippen MR) is 73.9 cm³/mol. The van der Waals surface area contributed by atoms with Gasteiger partial charge in [0, 0.05) is 0 Å². The number of nitrogens with zero attached hydrogens (tertiary/aromatic N) is 5. The van der Waals surface area contributed by atoms with Gasteiger partial charge in [-0.15, -0.1) is 15.3 Å². The number of carbonyl (C=O) groups excluding carboxylic acids is 1. The van der Waals surface area contributed by atoms with Crippen molar-refractivity contribution in [3.8, 4) is 5.69 Å². The molecule has 0 aliphatic rings. The SMILES string of the molecule is Cc1nnc(NC(=O)c2cn(-c3ccc(F)cc3)nn2)s1. The molecule has 0 spiro atoms. The molecule has 3 rings (SSSR count). The van der Waals surface area contributed by atoms with Crippen molar-refractivity contribution in [3.63, 3.8) is 0 Å². The van der Waals surface area contributed by atoms with Gasteiger partial charge < -0.3 is 0 Å². The largest absolute Gasteiger partial charge is 0.295 e. The number of carbonyl (C=O) groups is 1. The van der Waals surface area contributed by atoms with E-state index < -0.39 is 5.91 Å². The van der Waals surface area contributed by atoms with Crippen LogP contribution in [0.15, 0.2) is 30.5 Å². The first kappa shape index (κ1) is 13.3. The Morgan fingerprint density at radius 3 is 2.67 bits per heavy atom. The summed E-state index contributed by atoms with van der Waals surface area (Å²) < 4.78 is 14.2. The molecule has 0 radical (unpaired) electrons. The quantitative estimate of drug-likeness (QED) is 0.797. The molecule has 2 heterocycles. The maximum absolute atomic E-state index is 12.9. The van der Waals surface area contributed by atoms with E-state index in [1.165, 1.54) is 34.3 Å². The number of rotatable bonds is 3. The smallest absolute Gasteiger partial charge is 0.279 e. The minimum absolute atomic E-state index is 0.132. The molecule has 9 heteroatoms. The first-order valence-electron chi connectivity index (χ1n) is 5.91. The second kappa shape index (κ2) is 5.37. The van der Waals surface area contributed by atoms with E-state index in [1.54, 1.807) is 19.1 Å². The number of hydrogen-bond donors (Lipinski definition) is 1. The van der Waals surface area contributed by atoms with E-state index in [0.29, 0.717) is 10.8 Å². The van der Waals surface area contributed by atoms with Gasteiger partial charge in [0.15, 0.2) is 5.69 Å². The van der Waals surface area contributed by atoms with Crippen LogP contribution in [0.25, 0.3) is 5.69 Å². The van der Waals surface area contributed by atoms with E-state index in [2.05, 4.69) is 25.8 Å². The molecule has 2 aromatic heterocycles.